The van der Waals surface area contributed by atoms with Crippen LogP contribution in [0.3, 0.4) is 0 Å². The molecule has 0 bridgehead atoms. The fourth-order valence-corrected chi connectivity index (χ4v) is 5.58. The molecule has 25 heavy (non-hydrogen) atoms. The molecule has 0 unspecified atom stereocenters. The van der Waals surface area contributed by atoms with E-state index in [0.717, 1.165) is 12.3 Å². The van der Waals surface area contributed by atoms with Gasteiger partial charge in [-0.3, -0.25) is 4.90 Å². The van der Waals surface area contributed by atoms with Crippen molar-refractivity contribution < 1.29 is 0 Å². The molecule has 2 nitrogen and oxygen atoms in total. The average molecular weight is 351 g/mol. The zero-order chi connectivity index (χ0) is 16.8. The van der Waals surface area contributed by atoms with Gasteiger partial charge in [-0.15, -0.1) is 0 Å². The first-order valence-electron chi connectivity index (χ1n) is 9.61. The first kappa shape index (κ1) is 15.9. The molecule has 3 heteroatoms. The van der Waals surface area contributed by atoms with Gasteiger partial charge >= 0.3 is 0 Å². The lowest BCUT2D eigenvalue weighted by molar-refractivity contribution is 0.109. The second-order valence-electron chi connectivity index (χ2n) is 7.80. The molecule has 1 atom stereocenters. The predicted octanol–water partition coefficient (Wildman–Crippen LogP) is 4.56. The molecule has 1 saturated heterocycles. The van der Waals surface area contributed by atoms with E-state index in [9.17, 15) is 0 Å². The Kier molecular flexibility index (Phi) is 4.11. The monoisotopic (exact) mass is 350 g/mol. The summed E-state index contributed by atoms with van der Waals surface area (Å²) in [5.41, 5.74) is 4.81. The lowest BCUT2D eigenvalue weighted by Crippen LogP contribution is -2.46. The van der Waals surface area contributed by atoms with Crippen molar-refractivity contribution in [1.82, 2.24) is 9.80 Å². The molecular formula is C22H26N2S. The lowest BCUT2D eigenvalue weighted by atomic mass is 9.91. The van der Waals surface area contributed by atoms with Crippen LogP contribution in [0.2, 0.25) is 0 Å². The Bertz CT molecular complexity index is 775. The van der Waals surface area contributed by atoms with Crippen molar-refractivity contribution in [3.63, 3.8) is 0 Å². The van der Waals surface area contributed by atoms with Crippen molar-refractivity contribution in [2.24, 2.45) is 0 Å². The van der Waals surface area contributed by atoms with Crippen LogP contribution < -0.4 is 0 Å². The van der Waals surface area contributed by atoms with Crippen molar-refractivity contribution in [3.05, 3.63) is 59.2 Å². The third-order valence-electron chi connectivity index (χ3n) is 6.03. The van der Waals surface area contributed by atoms with E-state index in [1.54, 1.807) is 11.1 Å². The lowest BCUT2D eigenvalue weighted by Gasteiger charge is -2.39. The zero-order valence-electron chi connectivity index (χ0n) is 14.9. The first-order chi connectivity index (χ1) is 12.3. The normalized spacial score (nSPS) is 24.4. The van der Waals surface area contributed by atoms with Gasteiger partial charge in [0.05, 0.1) is 0 Å². The number of hydrogen-bond acceptors (Lipinski definition) is 3. The zero-order valence-corrected chi connectivity index (χ0v) is 15.8. The van der Waals surface area contributed by atoms with Crippen molar-refractivity contribution in [1.29, 1.82) is 0 Å². The molecule has 130 valence electrons. The van der Waals surface area contributed by atoms with Crippen LogP contribution in [-0.4, -0.2) is 43.0 Å². The summed E-state index contributed by atoms with van der Waals surface area (Å²) in [6.07, 6.45) is 3.91. The summed E-state index contributed by atoms with van der Waals surface area (Å²) in [6.45, 7) is 4.75. The van der Waals surface area contributed by atoms with E-state index in [0.29, 0.717) is 6.04 Å². The minimum atomic E-state index is 0.539. The minimum absolute atomic E-state index is 0.539. The molecule has 0 aromatic heterocycles. The van der Waals surface area contributed by atoms with Gasteiger partial charge in [-0.1, -0.05) is 42.1 Å². The molecule has 1 saturated carbocycles. The highest BCUT2D eigenvalue weighted by Gasteiger charge is 2.35. The molecule has 2 heterocycles. The topological polar surface area (TPSA) is 6.48 Å². The Morgan fingerprint density at radius 1 is 0.880 bits per heavy atom. The molecule has 2 aromatic carbocycles. The van der Waals surface area contributed by atoms with Gasteiger partial charge in [0.1, 0.15) is 0 Å². The van der Waals surface area contributed by atoms with Crippen LogP contribution in [0.1, 0.15) is 41.5 Å². The number of fused-ring (bicyclic) bond motifs is 2. The summed E-state index contributed by atoms with van der Waals surface area (Å²) < 4.78 is 0. The van der Waals surface area contributed by atoms with Crippen molar-refractivity contribution >= 4 is 11.8 Å². The largest absolute Gasteiger partial charge is 0.304 e. The number of benzene rings is 2. The van der Waals surface area contributed by atoms with Crippen LogP contribution in [0, 0.1) is 0 Å². The third kappa shape index (κ3) is 3.03. The van der Waals surface area contributed by atoms with Crippen LogP contribution >= 0.6 is 11.8 Å². The summed E-state index contributed by atoms with van der Waals surface area (Å²) in [5.74, 6) is 0.812. The molecule has 2 aromatic rings. The maximum absolute atomic E-state index is 2.76. The molecule has 5 rings (SSSR count). The van der Waals surface area contributed by atoms with Gasteiger partial charge in [0, 0.05) is 42.0 Å². The molecule has 3 aliphatic rings. The second kappa shape index (κ2) is 6.46. The van der Waals surface area contributed by atoms with E-state index >= 15 is 0 Å². The van der Waals surface area contributed by atoms with Crippen molar-refractivity contribution in [2.45, 2.75) is 41.0 Å². The van der Waals surface area contributed by atoms with Crippen LogP contribution in [-0.2, 0) is 6.42 Å². The molecule has 0 N–H and O–H groups in total. The van der Waals surface area contributed by atoms with E-state index in [4.69, 9.17) is 0 Å². The van der Waals surface area contributed by atoms with Crippen molar-refractivity contribution in [3.8, 4) is 0 Å². The smallest absolute Gasteiger partial charge is 0.0403 e. The van der Waals surface area contributed by atoms with Gasteiger partial charge in [0.25, 0.3) is 0 Å². The van der Waals surface area contributed by atoms with Crippen LogP contribution in [0.5, 0.6) is 0 Å². The number of rotatable bonds is 2. The third-order valence-corrected chi connectivity index (χ3v) is 7.23. The maximum atomic E-state index is 2.76. The quantitative estimate of drug-likeness (QED) is 0.784. The van der Waals surface area contributed by atoms with E-state index in [1.807, 2.05) is 11.8 Å². The van der Waals surface area contributed by atoms with Gasteiger partial charge in [-0.25, -0.2) is 0 Å². The summed E-state index contributed by atoms with van der Waals surface area (Å²) in [5, 5.41) is 0. The summed E-state index contributed by atoms with van der Waals surface area (Å²) in [7, 11) is 2.25. The highest BCUT2D eigenvalue weighted by Crippen LogP contribution is 2.50. The Hall–Kier alpha value is -1.29. The van der Waals surface area contributed by atoms with E-state index in [2.05, 4.69) is 59.3 Å². The standard InChI is InChI=1S/C22H26N2S/c1-23-11-13-24(14-12-23)19-15-17-5-2-3-7-20(17)25-21-8-4-6-18(22(19)21)16-9-10-16/h2-8,16,19H,9-15H2,1H3/t19-/m0/s1. The molecule has 0 radical (unpaired) electrons. The van der Waals surface area contributed by atoms with Gasteiger partial charge in [-0.05, 0) is 61.1 Å². The second-order valence-corrected chi connectivity index (χ2v) is 8.89. The first-order valence-corrected chi connectivity index (χ1v) is 10.4. The van der Waals surface area contributed by atoms with E-state index in [-0.39, 0.29) is 0 Å². The fourth-order valence-electron chi connectivity index (χ4n) is 4.40. The molecule has 2 aliphatic heterocycles. The van der Waals surface area contributed by atoms with Gasteiger partial charge in [-0.2, -0.15) is 0 Å². The summed E-state index contributed by atoms with van der Waals surface area (Å²) in [6, 6.07) is 16.6. The van der Waals surface area contributed by atoms with E-state index < -0.39 is 0 Å². The molecule has 2 fully saturated rings. The Labute approximate surface area is 155 Å². The van der Waals surface area contributed by atoms with Crippen LogP contribution in [0.25, 0.3) is 0 Å². The SMILES string of the molecule is CN1CCN([C@H]2Cc3ccccc3Sc3cccc(C4CC4)c32)CC1. The van der Waals surface area contributed by atoms with E-state index in [1.165, 1.54) is 54.4 Å². The molecule has 0 amide bonds. The summed E-state index contributed by atoms with van der Waals surface area (Å²) >= 11 is 1.99. The van der Waals surface area contributed by atoms with Crippen LogP contribution in [0.15, 0.2) is 52.3 Å². The fraction of sp³-hybridized carbons (Fsp3) is 0.455. The van der Waals surface area contributed by atoms with Crippen molar-refractivity contribution in [2.75, 3.05) is 33.2 Å². The average Bonchev–Trinajstić information content (AvgIpc) is 3.48. The number of piperazine rings is 1. The molecule has 1 aliphatic carbocycles. The maximum Gasteiger partial charge on any atom is 0.0403 e. The summed E-state index contributed by atoms with van der Waals surface area (Å²) in [4.78, 5) is 8.17. The van der Waals surface area contributed by atoms with Gasteiger partial charge in [0.15, 0.2) is 0 Å². The van der Waals surface area contributed by atoms with Crippen LogP contribution in [0.4, 0.5) is 0 Å². The number of nitrogens with zero attached hydrogens (tertiary/aromatic N) is 2. The highest BCUT2D eigenvalue weighted by molar-refractivity contribution is 7.99. The van der Waals surface area contributed by atoms with Gasteiger partial charge in [0.2, 0.25) is 0 Å². The Morgan fingerprint density at radius 3 is 2.44 bits per heavy atom. The number of hydrogen-bond donors (Lipinski definition) is 0. The highest BCUT2D eigenvalue weighted by atomic mass is 32.2. The van der Waals surface area contributed by atoms with Gasteiger partial charge < -0.3 is 4.90 Å². The molecular weight excluding hydrogens is 324 g/mol. The Morgan fingerprint density at radius 2 is 1.64 bits per heavy atom. The predicted molar refractivity (Wildman–Crippen MR) is 104 cm³/mol. The minimum Gasteiger partial charge on any atom is -0.304 e. The Balaban J connectivity index is 1.61. The number of likely N-dealkylation sites (N-methyl/N-ethyl adjacent to an activating group) is 1. The molecule has 0 spiro atoms.